The Balaban J connectivity index is 2.04. The minimum absolute atomic E-state index is 0.0424. The van der Waals surface area contributed by atoms with Crippen LogP contribution in [-0.4, -0.2) is 15.7 Å². The van der Waals surface area contributed by atoms with Gasteiger partial charge in [0.15, 0.2) is 0 Å². The minimum Gasteiger partial charge on any atom is -0.329 e. The van der Waals surface area contributed by atoms with Crippen molar-refractivity contribution in [3.8, 4) is 0 Å². The molecule has 0 fully saturated rings. The molecule has 0 bridgehead atoms. The van der Waals surface area contributed by atoms with Crippen molar-refractivity contribution in [2.45, 2.75) is 0 Å². The number of carbonyl (C=O) groups is 1. The van der Waals surface area contributed by atoms with Gasteiger partial charge in [0.2, 0.25) is 4.77 Å². The van der Waals surface area contributed by atoms with Crippen molar-refractivity contribution in [2.75, 3.05) is 0 Å². The Morgan fingerprint density at radius 1 is 1.14 bits per heavy atom. The third kappa shape index (κ3) is 2.53. The number of nitrogens with zero attached hydrogens (tertiary/aromatic N) is 1. The van der Waals surface area contributed by atoms with Crippen LogP contribution in [0.4, 0.5) is 4.39 Å². The van der Waals surface area contributed by atoms with E-state index in [0.717, 1.165) is 12.1 Å². The maximum absolute atomic E-state index is 12.9. The third-order valence-electron chi connectivity index (χ3n) is 3.02. The molecule has 1 N–H and O–H groups in total. The molecule has 0 aliphatic rings. The van der Waals surface area contributed by atoms with Crippen LogP contribution in [-0.2, 0) is 0 Å². The number of nitrogens with one attached hydrogen (secondary N) is 1. The number of carbonyl (C=O) groups excluding carboxylic acids is 1. The highest BCUT2D eigenvalue weighted by Gasteiger charge is 2.13. The minimum atomic E-state index is -0.808. The Hall–Kier alpha value is -2.80. The molecule has 0 radical (unpaired) electrons. The molecule has 0 atom stereocenters. The molecule has 5 nitrogen and oxygen atoms in total. The molecule has 1 heterocycles. The molecule has 0 saturated heterocycles. The van der Waals surface area contributed by atoms with Crippen LogP contribution in [0, 0.1) is 10.6 Å². The molecule has 0 unspecified atom stereocenters. The molecule has 0 spiro atoms. The zero-order valence-corrected chi connectivity index (χ0v) is 11.9. The van der Waals surface area contributed by atoms with Crippen LogP contribution < -0.4 is 10.4 Å². The van der Waals surface area contributed by atoms with Gasteiger partial charge in [-0.3, -0.25) is 4.79 Å². The lowest BCUT2D eigenvalue weighted by Gasteiger charge is -2.07. The number of aromatic amines is 1. The molecule has 2 aromatic carbocycles. The molecule has 0 amide bonds. The zero-order chi connectivity index (χ0) is 15.7. The molecule has 0 aliphatic carbocycles. The van der Waals surface area contributed by atoms with Gasteiger partial charge >= 0.3 is 5.97 Å². The summed E-state index contributed by atoms with van der Waals surface area (Å²) in [6, 6.07) is 11.5. The predicted octanol–water partition coefficient (Wildman–Crippen LogP) is 2.47. The number of hydrogen-bond donors (Lipinski definition) is 1. The first-order valence-electron chi connectivity index (χ1n) is 6.28. The average molecular weight is 316 g/mol. The average Bonchev–Trinajstić information content (AvgIpc) is 2.52. The topological polar surface area (TPSA) is 64.1 Å². The Morgan fingerprint density at radius 2 is 1.82 bits per heavy atom. The van der Waals surface area contributed by atoms with Gasteiger partial charge in [0.05, 0.1) is 16.5 Å². The van der Waals surface area contributed by atoms with Gasteiger partial charge in [-0.2, -0.15) is 0 Å². The molecule has 3 rings (SSSR count). The molecule has 0 aliphatic heterocycles. The Kier molecular flexibility index (Phi) is 3.56. The van der Waals surface area contributed by atoms with Crippen LogP contribution in [0.25, 0.3) is 10.9 Å². The van der Waals surface area contributed by atoms with Crippen LogP contribution in [0.3, 0.4) is 0 Å². The van der Waals surface area contributed by atoms with E-state index in [-0.39, 0.29) is 10.3 Å². The fraction of sp³-hybridized carbons (Fsp3) is 0. The SMILES string of the molecule is O=C(On1c(=S)[nH]c2ccccc2c1=O)c1ccc(F)cc1. The summed E-state index contributed by atoms with van der Waals surface area (Å²) in [7, 11) is 0. The van der Waals surface area contributed by atoms with Gasteiger partial charge in [-0.1, -0.05) is 12.1 Å². The summed E-state index contributed by atoms with van der Waals surface area (Å²) < 4.78 is 13.5. The van der Waals surface area contributed by atoms with Gasteiger partial charge in [-0.15, -0.1) is 4.73 Å². The van der Waals surface area contributed by atoms with Crippen LogP contribution in [0.1, 0.15) is 10.4 Å². The maximum atomic E-state index is 12.9. The fourth-order valence-electron chi connectivity index (χ4n) is 1.95. The lowest BCUT2D eigenvalue weighted by Crippen LogP contribution is -2.32. The summed E-state index contributed by atoms with van der Waals surface area (Å²) in [5.41, 5.74) is 0.109. The van der Waals surface area contributed by atoms with Gasteiger partial charge in [0.25, 0.3) is 5.56 Å². The van der Waals surface area contributed by atoms with E-state index >= 15 is 0 Å². The molecule has 3 aromatic rings. The Morgan fingerprint density at radius 3 is 2.55 bits per heavy atom. The summed E-state index contributed by atoms with van der Waals surface area (Å²) in [6.45, 7) is 0. The van der Waals surface area contributed by atoms with E-state index in [1.807, 2.05) is 0 Å². The highest BCUT2D eigenvalue weighted by molar-refractivity contribution is 7.71. The van der Waals surface area contributed by atoms with E-state index in [4.69, 9.17) is 17.1 Å². The van der Waals surface area contributed by atoms with Crippen LogP contribution in [0.2, 0.25) is 0 Å². The number of halogens is 1. The highest BCUT2D eigenvalue weighted by Crippen LogP contribution is 2.06. The second-order valence-corrected chi connectivity index (χ2v) is 4.85. The summed E-state index contributed by atoms with van der Waals surface area (Å²) in [5.74, 6) is -1.28. The van der Waals surface area contributed by atoms with Crippen molar-refractivity contribution in [2.24, 2.45) is 0 Å². The fourth-order valence-corrected chi connectivity index (χ4v) is 2.18. The lowest BCUT2D eigenvalue weighted by atomic mass is 10.2. The third-order valence-corrected chi connectivity index (χ3v) is 3.29. The van der Waals surface area contributed by atoms with Gasteiger partial charge < -0.3 is 9.82 Å². The van der Waals surface area contributed by atoms with Gasteiger partial charge in [0, 0.05) is 0 Å². The second kappa shape index (κ2) is 5.53. The first-order valence-corrected chi connectivity index (χ1v) is 6.69. The predicted molar refractivity (Wildman–Crippen MR) is 80.7 cm³/mol. The van der Waals surface area contributed by atoms with E-state index in [0.29, 0.717) is 15.6 Å². The van der Waals surface area contributed by atoms with Gasteiger partial charge in [-0.25, -0.2) is 9.18 Å². The quantitative estimate of drug-likeness (QED) is 0.738. The summed E-state index contributed by atoms with van der Waals surface area (Å²) in [5, 5.41) is 0.336. The highest BCUT2D eigenvalue weighted by atomic mass is 32.1. The van der Waals surface area contributed by atoms with Crippen LogP contribution in [0.5, 0.6) is 0 Å². The standard InChI is InChI=1S/C15H9FN2O3S/c16-10-7-5-9(6-8-10)14(20)21-18-13(19)11-3-1-2-4-12(11)17-15(18)22/h1-8H,(H,17,22). The smallest absolute Gasteiger partial charge is 0.329 e. The molecule has 1 aromatic heterocycles. The van der Waals surface area contributed by atoms with Crippen LogP contribution >= 0.6 is 12.2 Å². The van der Waals surface area contributed by atoms with E-state index in [9.17, 15) is 14.0 Å². The van der Waals surface area contributed by atoms with E-state index in [1.165, 1.54) is 12.1 Å². The van der Waals surface area contributed by atoms with Crippen molar-refractivity contribution in [1.82, 2.24) is 9.71 Å². The van der Waals surface area contributed by atoms with Crippen molar-refractivity contribution in [3.05, 3.63) is 75.0 Å². The Bertz CT molecular complexity index is 976. The summed E-state index contributed by atoms with van der Waals surface area (Å²) >= 11 is 5.03. The number of rotatable bonds is 2. The van der Waals surface area contributed by atoms with E-state index in [2.05, 4.69) is 4.98 Å². The van der Waals surface area contributed by atoms with Crippen molar-refractivity contribution < 1.29 is 14.0 Å². The molecule has 7 heteroatoms. The van der Waals surface area contributed by atoms with Gasteiger partial charge in [0.1, 0.15) is 5.82 Å². The number of hydrogen-bond acceptors (Lipinski definition) is 4. The lowest BCUT2D eigenvalue weighted by molar-refractivity contribution is 0.0432. The molecular formula is C15H9FN2O3S. The van der Waals surface area contributed by atoms with Gasteiger partial charge in [-0.05, 0) is 48.6 Å². The molecule has 0 saturated carbocycles. The first kappa shape index (κ1) is 14.2. The maximum Gasteiger partial charge on any atom is 0.363 e. The van der Waals surface area contributed by atoms with Crippen molar-refractivity contribution in [1.29, 1.82) is 0 Å². The first-order chi connectivity index (χ1) is 10.6. The zero-order valence-electron chi connectivity index (χ0n) is 11.1. The second-order valence-electron chi connectivity index (χ2n) is 4.46. The number of aromatic nitrogens is 2. The monoisotopic (exact) mass is 316 g/mol. The number of benzene rings is 2. The molecule has 22 heavy (non-hydrogen) atoms. The number of para-hydroxylation sites is 1. The van der Waals surface area contributed by atoms with E-state index in [1.54, 1.807) is 24.3 Å². The Labute approximate surface area is 128 Å². The largest absolute Gasteiger partial charge is 0.363 e. The van der Waals surface area contributed by atoms with Crippen molar-refractivity contribution >= 4 is 29.1 Å². The molecule has 110 valence electrons. The number of fused-ring (bicyclic) bond motifs is 1. The van der Waals surface area contributed by atoms with E-state index < -0.39 is 17.3 Å². The van der Waals surface area contributed by atoms with Crippen LogP contribution in [0.15, 0.2) is 53.3 Å². The number of H-pyrrole nitrogens is 1. The normalized spacial score (nSPS) is 10.6. The summed E-state index contributed by atoms with van der Waals surface area (Å²) in [6.07, 6.45) is 0. The summed E-state index contributed by atoms with van der Waals surface area (Å²) in [4.78, 5) is 32.1. The van der Waals surface area contributed by atoms with Crippen molar-refractivity contribution in [3.63, 3.8) is 0 Å². The molecular weight excluding hydrogens is 307 g/mol.